The molecule has 2 rings (SSSR count). The third kappa shape index (κ3) is 2.90. The molecule has 0 aromatic heterocycles. The highest BCUT2D eigenvalue weighted by Gasteiger charge is 2.30. The molecule has 100 valence electrons. The first-order chi connectivity index (χ1) is 8.67. The Morgan fingerprint density at radius 3 is 2.94 bits per heavy atom. The number of likely N-dealkylation sites (tertiary alicyclic amines) is 1. The van der Waals surface area contributed by atoms with Gasteiger partial charge in [0.2, 0.25) is 0 Å². The Bertz CT molecular complexity index is 411. The van der Waals surface area contributed by atoms with Crippen molar-refractivity contribution in [3.05, 3.63) is 33.3 Å². The Morgan fingerprint density at radius 2 is 2.33 bits per heavy atom. The largest absolute Gasteiger partial charge is 0.329 e. The molecule has 1 aliphatic rings. The van der Waals surface area contributed by atoms with Gasteiger partial charge in [-0.15, -0.1) is 0 Å². The molecule has 4 heteroatoms. The molecule has 0 aliphatic carbocycles. The molecule has 1 aromatic carbocycles. The molecule has 0 saturated carbocycles. The molecule has 18 heavy (non-hydrogen) atoms. The quantitative estimate of drug-likeness (QED) is 0.904. The number of hydrogen-bond donors (Lipinski definition) is 1. The highest BCUT2D eigenvalue weighted by molar-refractivity contribution is 9.10. The SMILES string of the molecule is CCC1CCCN1C(CN)c1ccc(Br)cc1Cl. The van der Waals surface area contributed by atoms with E-state index in [1.165, 1.54) is 19.3 Å². The van der Waals surface area contributed by atoms with Crippen molar-refractivity contribution in [1.29, 1.82) is 0 Å². The summed E-state index contributed by atoms with van der Waals surface area (Å²) in [6, 6.07) is 6.99. The Balaban J connectivity index is 2.27. The molecule has 1 aliphatic heterocycles. The van der Waals surface area contributed by atoms with Gasteiger partial charge in [0.15, 0.2) is 0 Å². The van der Waals surface area contributed by atoms with Gasteiger partial charge in [0.1, 0.15) is 0 Å². The average molecular weight is 332 g/mol. The molecule has 0 amide bonds. The van der Waals surface area contributed by atoms with Gasteiger partial charge in [-0.05, 0) is 43.5 Å². The van der Waals surface area contributed by atoms with Crippen LogP contribution in [0.15, 0.2) is 22.7 Å². The lowest BCUT2D eigenvalue weighted by Gasteiger charge is -2.32. The zero-order valence-electron chi connectivity index (χ0n) is 10.7. The maximum atomic E-state index is 6.36. The fourth-order valence-corrected chi connectivity index (χ4v) is 3.72. The lowest BCUT2D eigenvalue weighted by atomic mass is 10.0. The average Bonchev–Trinajstić information content (AvgIpc) is 2.81. The number of rotatable bonds is 4. The van der Waals surface area contributed by atoms with Crippen molar-refractivity contribution in [2.24, 2.45) is 5.73 Å². The molecule has 2 atom stereocenters. The van der Waals surface area contributed by atoms with Crippen LogP contribution in [-0.4, -0.2) is 24.0 Å². The number of nitrogens with zero attached hydrogens (tertiary/aromatic N) is 1. The topological polar surface area (TPSA) is 29.3 Å². The first-order valence-electron chi connectivity index (χ1n) is 6.58. The molecule has 2 unspecified atom stereocenters. The highest BCUT2D eigenvalue weighted by Crippen LogP contribution is 2.34. The van der Waals surface area contributed by atoms with Crippen LogP contribution >= 0.6 is 27.5 Å². The van der Waals surface area contributed by atoms with E-state index in [4.69, 9.17) is 17.3 Å². The summed E-state index contributed by atoms with van der Waals surface area (Å²) in [5.74, 6) is 0. The molecule has 2 N–H and O–H groups in total. The number of benzene rings is 1. The summed E-state index contributed by atoms with van der Waals surface area (Å²) in [6.45, 7) is 4.00. The summed E-state index contributed by atoms with van der Waals surface area (Å²) in [5, 5.41) is 0.807. The second-order valence-electron chi connectivity index (χ2n) is 4.86. The van der Waals surface area contributed by atoms with Gasteiger partial charge in [-0.2, -0.15) is 0 Å². The van der Waals surface area contributed by atoms with E-state index in [1.54, 1.807) is 0 Å². The maximum absolute atomic E-state index is 6.36. The molecule has 0 spiro atoms. The summed E-state index contributed by atoms with van der Waals surface area (Å²) in [6.07, 6.45) is 3.73. The molecule has 1 heterocycles. The molecule has 1 aromatic rings. The van der Waals surface area contributed by atoms with Crippen molar-refractivity contribution >= 4 is 27.5 Å². The van der Waals surface area contributed by atoms with Crippen LogP contribution in [0.2, 0.25) is 5.02 Å². The second-order valence-corrected chi connectivity index (χ2v) is 6.18. The molecule has 0 radical (unpaired) electrons. The Labute approximate surface area is 123 Å². The number of nitrogens with two attached hydrogens (primary N) is 1. The smallest absolute Gasteiger partial charge is 0.0488 e. The lowest BCUT2D eigenvalue weighted by molar-refractivity contribution is 0.180. The third-order valence-corrected chi connectivity index (χ3v) is 4.66. The van der Waals surface area contributed by atoms with Gasteiger partial charge in [0.25, 0.3) is 0 Å². The van der Waals surface area contributed by atoms with E-state index in [1.807, 2.05) is 12.1 Å². The summed E-state index contributed by atoms with van der Waals surface area (Å²) >= 11 is 9.81. The fraction of sp³-hybridized carbons (Fsp3) is 0.571. The predicted molar refractivity (Wildman–Crippen MR) is 81.0 cm³/mol. The molecule has 0 bridgehead atoms. The second kappa shape index (κ2) is 6.38. The van der Waals surface area contributed by atoms with E-state index in [0.29, 0.717) is 12.6 Å². The first-order valence-corrected chi connectivity index (χ1v) is 7.75. The molecule has 2 nitrogen and oxygen atoms in total. The molecule has 1 saturated heterocycles. The monoisotopic (exact) mass is 330 g/mol. The minimum absolute atomic E-state index is 0.248. The maximum Gasteiger partial charge on any atom is 0.0488 e. The molecular formula is C14H20BrClN2. The minimum Gasteiger partial charge on any atom is -0.329 e. The Kier molecular flexibility index (Phi) is 5.07. The zero-order valence-corrected chi connectivity index (χ0v) is 13.0. The van der Waals surface area contributed by atoms with Gasteiger partial charge in [-0.1, -0.05) is 40.5 Å². The van der Waals surface area contributed by atoms with Gasteiger partial charge in [0.05, 0.1) is 0 Å². The standard InChI is InChI=1S/C14H20BrClN2/c1-2-11-4-3-7-18(11)14(9-17)12-6-5-10(15)8-13(12)16/h5-6,8,11,14H,2-4,7,9,17H2,1H3. The van der Waals surface area contributed by atoms with Crippen molar-refractivity contribution in [3.63, 3.8) is 0 Å². The molecule has 1 fully saturated rings. The van der Waals surface area contributed by atoms with E-state index in [0.717, 1.165) is 21.6 Å². The van der Waals surface area contributed by atoms with Gasteiger partial charge >= 0.3 is 0 Å². The first kappa shape index (κ1) is 14.3. The van der Waals surface area contributed by atoms with E-state index in [-0.39, 0.29) is 6.04 Å². The van der Waals surface area contributed by atoms with Crippen LogP contribution in [0.25, 0.3) is 0 Å². The van der Waals surface area contributed by atoms with Crippen molar-refractivity contribution in [1.82, 2.24) is 4.90 Å². The lowest BCUT2D eigenvalue weighted by Crippen LogP contribution is -2.37. The van der Waals surface area contributed by atoms with Gasteiger partial charge < -0.3 is 5.73 Å². The summed E-state index contributed by atoms with van der Waals surface area (Å²) in [5.41, 5.74) is 7.15. The van der Waals surface area contributed by atoms with Crippen molar-refractivity contribution in [3.8, 4) is 0 Å². The van der Waals surface area contributed by atoms with Crippen LogP contribution in [0.1, 0.15) is 37.8 Å². The Hall–Kier alpha value is -0.0900. The minimum atomic E-state index is 0.248. The molecular weight excluding hydrogens is 312 g/mol. The van der Waals surface area contributed by atoms with Crippen LogP contribution in [0.3, 0.4) is 0 Å². The van der Waals surface area contributed by atoms with Crippen molar-refractivity contribution in [2.75, 3.05) is 13.1 Å². The third-order valence-electron chi connectivity index (χ3n) is 3.84. The van der Waals surface area contributed by atoms with Crippen LogP contribution in [-0.2, 0) is 0 Å². The van der Waals surface area contributed by atoms with E-state index >= 15 is 0 Å². The van der Waals surface area contributed by atoms with Crippen LogP contribution in [0, 0.1) is 0 Å². The van der Waals surface area contributed by atoms with Crippen LogP contribution in [0.4, 0.5) is 0 Å². The number of hydrogen-bond acceptors (Lipinski definition) is 2. The van der Waals surface area contributed by atoms with Gasteiger partial charge in [-0.3, -0.25) is 4.90 Å². The van der Waals surface area contributed by atoms with Crippen LogP contribution in [0.5, 0.6) is 0 Å². The summed E-state index contributed by atoms with van der Waals surface area (Å²) in [7, 11) is 0. The van der Waals surface area contributed by atoms with Crippen molar-refractivity contribution in [2.45, 2.75) is 38.3 Å². The van der Waals surface area contributed by atoms with E-state index in [9.17, 15) is 0 Å². The van der Waals surface area contributed by atoms with E-state index in [2.05, 4.69) is 33.8 Å². The Morgan fingerprint density at radius 1 is 1.56 bits per heavy atom. The van der Waals surface area contributed by atoms with Gasteiger partial charge in [0, 0.05) is 28.1 Å². The predicted octanol–water partition coefficient (Wildman–Crippen LogP) is 3.98. The highest BCUT2D eigenvalue weighted by atomic mass is 79.9. The fourth-order valence-electron chi connectivity index (χ4n) is 2.92. The number of halogens is 2. The van der Waals surface area contributed by atoms with E-state index < -0.39 is 0 Å². The normalized spacial score (nSPS) is 22.3. The van der Waals surface area contributed by atoms with Crippen LogP contribution < -0.4 is 5.73 Å². The van der Waals surface area contributed by atoms with Crippen molar-refractivity contribution < 1.29 is 0 Å². The zero-order chi connectivity index (χ0) is 13.1. The summed E-state index contributed by atoms with van der Waals surface area (Å²) < 4.78 is 1.01. The summed E-state index contributed by atoms with van der Waals surface area (Å²) in [4.78, 5) is 2.52. The van der Waals surface area contributed by atoms with Gasteiger partial charge in [-0.25, -0.2) is 0 Å².